The van der Waals surface area contributed by atoms with E-state index in [1.54, 1.807) is 24.3 Å². The second kappa shape index (κ2) is 9.21. The van der Waals surface area contributed by atoms with E-state index in [2.05, 4.69) is 15.6 Å². The van der Waals surface area contributed by atoms with Crippen LogP contribution >= 0.6 is 11.6 Å². The van der Waals surface area contributed by atoms with Crippen molar-refractivity contribution in [2.75, 3.05) is 36.5 Å². The Labute approximate surface area is 175 Å². The fourth-order valence-corrected chi connectivity index (χ4v) is 3.04. The molecule has 3 rings (SSSR count). The van der Waals surface area contributed by atoms with E-state index in [1.165, 1.54) is 4.90 Å². The molecule has 1 aromatic carbocycles. The molecule has 0 spiro atoms. The zero-order valence-corrected chi connectivity index (χ0v) is 16.4. The fourth-order valence-electron chi connectivity index (χ4n) is 2.81. The van der Waals surface area contributed by atoms with Crippen LogP contribution in [0.5, 0.6) is 5.75 Å². The Hall–Kier alpha value is -3.01. The van der Waals surface area contributed by atoms with E-state index in [1.807, 2.05) is 0 Å². The molecule has 160 valence electrons. The van der Waals surface area contributed by atoms with Crippen LogP contribution in [0.2, 0.25) is 5.02 Å². The summed E-state index contributed by atoms with van der Waals surface area (Å²) < 4.78 is 43.2. The van der Waals surface area contributed by atoms with Crippen LogP contribution in [0.25, 0.3) is 0 Å². The number of fused-ring (bicyclic) bond motifs is 1. The number of carbonyl (C=O) groups excluding carboxylic acids is 2. The van der Waals surface area contributed by atoms with Gasteiger partial charge in [-0.3, -0.25) is 9.59 Å². The zero-order chi connectivity index (χ0) is 21.7. The van der Waals surface area contributed by atoms with E-state index in [-0.39, 0.29) is 55.3 Å². The monoisotopic (exact) mass is 442 g/mol. The molecule has 1 aliphatic heterocycles. The average molecular weight is 443 g/mol. The van der Waals surface area contributed by atoms with Crippen LogP contribution < -0.4 is 20.3 Å². The molecule has 11 heteroatoms. The van der Waals surface area contributed by atoms with Gasteiger partial charge in [0.05, 0.1) is 16.3 Å². The van der Waals surface area contributed by atoms with Gasteiger partial charge >= 0.3 is 6.18 Å². The number of carbonyl (C=O) groups is 2. The van der Waals surface area contributed by atoms with Crippen molar-refractivity contribution in [3.63, 3.8) is 0 Å². The number of benzene rings is 1. The molecule has 0 saturated heterocycles. The van der Waals surface area contributed by atoms with Crippen molar-refractivity contribution >= 4 is 34.9 Å². The van der Waals surface area contributed by atoms with Crippen LogP contribution in [0, 0.1) is 0 Å². The number of nitrogens with zero attached hydrogens (tertiary/aromatic N) is 2. The second-order valence-corrected chi connectivity index (χ2v) is 6.79. The second-order valence-electron chi connectivity index (χ2n) is 6.38. The molecule has 1 aromatic heterocycles. The number of anilines is 2. The van der Waals surface area contributed by atoms with Crippen molar-refractivity contribution in [2.24, 2.45) is 0 Å². The van der Waals surface area contributed by atoms with Crippen molar-refractivity contribution in [3.05, 3.63) is 47.1 Å². The minimum absolute atomic E-state index is 0.0799. The third kappa shape index (κ3) is 5.32. The summed E-state index contributed by atoms with van der Waals surface area (Å²) in [7, 11) is 0. The highest BCUT2D eigenvalue weighted by Gasteiger charge is 2.31. The summed E-state index contributed by atoms with van der Waals surface area (Å²) in [6.45, 7) is 0.531. The molecule has 0 saturated carbocycles. The summed E-state index contributed by atoms with van der Waals surface area (Å²) in [5.74, 6) is 0.170. The van der Waals surface area contributed by atoms with Crippen LogP contribution in [0.15, 0.2) is 36.5 Å². The van der Waals surface area contributed by atoms with Gasteiger partial charge in [-0.1, -0.05) is 23.7 Å². The Kier molecular flexibility index (Phi) is 6.66. The van der Waals surface area contributed by atoms with E-state index in [0.717, 1.165) is 6.07 Å². The van der Waals surface area contributed by atoms with E-state index < -0.39 is 11.7 Å². The number of para-hydroxylation sites is 2. The zero-order valence-electron chi connectivity index (χ0n) is 15.6. The number of amides is 2. The molecule has 1 aliphatic rings. The maximum absolute atomic E-state index is 12.6. The fraction of sp³-hybridized carbons (Fsp3) is 0.316. The number of rotatable bonds is 7. The number of alkyl halides is 3. The Bertz CT molecular complexity index is 939. The SMILES string of the molecule is O=C(CCN1C(=O)COc2ccccc21)NCCNc1ncc(C(F)(F)F)cc1Cl. The average Bonchev–Trinajstić information content (AvgIpc) is 2.70. The summed E-state index contributed by atoms with van der Waals surface area (Å²) in [6, 6.07) is 7.85. The molecule has 7 nitrogen and oxygen atoms in total. The van der Waals surface area contributed by atoms with Gasteiger partial charge in [-0.2, -0.15) is 13.2 Å². The summed E-state index contributed by atoms with van der Waals surface area (Å²) in [6.07, 6.45) is -3.76. The first-order valence-corrected chi connectivity index (χ1v) is 9.39. The van der Waals surface area contributed by atoms with Gasteiger partial charge in [0.2, 0.25) is 5.91 Å². The number of pyridine rings is 1. The molecular weight excluding hydrogens is 425 g/mol. The summed E-state index contributed by atoms with van der Waals surface area (Å²) in [5, 5.41) is 5.27. The Morgan fingerprint density at radius 2 is 2.03 bits per heavy atom. The third-order valence-electron chi connectivity index (χ3n) is 4.28. The van der Waals surface area contributed by atoms with Gasteiger partial charge in [-0.15, -0.1) is 0 Å². The van der Waals surface area contributed by atoms with Crippen LogP contribution in [0.3, 0.4) is 0 Å². The van der Waals surface area contributed by atoms with Crippen LogP contribution in [-0.2, 0) is 15.8 Å². The minimum atomic E-state index is -4.52. The first-order chi connectivity index (χ1) is 14.3. The summed E-state index contributed by atoms with van der Waals surface area (Å²) in [4.78, 5) is 29.3. The van der Waals surface area contributed by atoms with Gasteiger partial charge in [0.25, 0.3) is 5.91 Å². The molecule has 0 bridgehead atoms. The number of nitrogens with one attached hydrogen (secondary N) is 2. The Balaban J connectivity index is 1.43. The largest absolute Gasteiger partial charge is 0.482 e. The van der Waals surface area contributed by atoms with Crippen molar-refractivity contribution in [2.45, 2.75) is 12.6 Å². The molecule has 0 atom stereocenters. The van der Waals surface area contributed by atoms with Gasteiger partial charge in [0, 0.05) is 32.3 Å². The number of ether oxygens (including phenoxy) is 1. The standard InChI is InChI=1S/C19H18ClF3N4O3/c20-13-9-12(19(21,22)23)10-26-18(13)25-7-6-24-16(28)5-8-27-14-3-1-2-4-15(14)30-11-17(27)29/h1-4,9-10H,5-8,11H2,(H,24,28)(H,25,26). The number of halogens is 4. The van der Waals surface area contributed by atoms with Gasteiger partial charge in [-0.05, 0) is 18.2 Å². The predicted octanol–water partition coefficient (Wildman–Crippen LogP) is 3.10. The van der Waals surface area contributed by atoms with Crippen molar-refractivity contribution < 1.29 is 27.5 Å². The highest BCUT2D eigenvalue weighted by molar-refractivity contribution is 6.32. The number of hydrogen-bond acceptors (Lipinski definition) is 5. The van der Waals surface area contributed by atoms with Gasteiger partial charge in [0.1, 0.15) is 11.6 Å². The highest BCUT2D eigenvalue weighted by atomic mass is 35.5. The van der Waals surface area contributed by atoms with Crippen molar-refractivity contribution in [1.29, 1.82) is 0 Å². The van der Waals surface area contributed by atoms with E-state index in [0.29, 0.717) is 17.6 Å². The molecule has 0 unspecified atom stereocenters. The molecule has 0 radical (unpaired) electrons. The van der Waals surface area contributed by atoms with Crippen molar-refractivity contribution in [3.8, 4) is 5.75 Å². The maximum Gasteiger partial charge on any atom is 0.417 e. The van der Waals surface area contributed by atoms with Crippen LogP contribution in [0.1, 0.15) is 12.0 Å². The third-order valence-corrected chi connectivity index (χ3v) is 4.57. The van der Waals surface area contributed by atoms with Gasteiger partial charge in [0.15, 0.2) is 6.61 Å². The van der Waals surface area contributed by atoms with Crippen LogP contribution in [-0.4, -0.2) is 43.0 Å². The summed E-state index contributed by atoms with van der Waals surface area (Å²) >= 11 is 5.81. The molecule has 30 heavy (non-hydrogen) atoms. The molecule has 2 heterocycles. The van der Waals surface area contributed by atoms with Crippen LogP contribution in [0.4, 0.5) is 24.7 Å². The Morgan fingerprint density at radius 1 is 1.27 bits per heavy atom. The normalized spacial score (nSPS) is 13.5. The molecule has 2 amide bonds. The topological polar surface area (TPSA) is 83.6 Å². The minimum Gasteiger partial charge on any atom is -0.482 e. The summed E-state index contributed by atoms with van der Waals surface area (Å²) in [5.41, 5.74) is -0.322. The molecule has 2 aromatic rings. The molecule has 2 N–H and O–H groups in total. The first kappa shape index (κ1) is 21.7. The predicted molar refractivity (Wildman–Crippen MR) is 105 cm³/mol. The number of hydrogen-bond donors (Lipinski definition) is 2. The lowest BCUT2D eigenvalue weighted by Gasteiger charge is -2.29. The lowest BCUT2D eigenvalue weighted by Crippen LogP contribution is -2.41. The van der Waals surface area contributed by atoms with Gasteiger partial charge < -0.3 is 20.3 Å². The highest BCUT2D eigenvalue weighted by Crippen LogP contribution is 2.32. The number of aromatic nitrogens is 1. The van der Waals surface area contributed by atoms with E-state index >= 15 is 0 Å². The van der Waals surface area contributed by atoms with E-state index in [4.69, 9.17) is 16.3 Å². The maximum atomic E-state index is 12.6. The van der Waals surface area contributed by atoms with Gasteiger partial charge in [-0.25, -0.2) is 4.98 Å². The molecule has 0 fully saturated rings. The lowest BCUT2D eigenvalue weighted by atomic mass is 10.2. The quantitative estimate of drug-likeness (QED) is 0.644. The smallest absolute Gasteiger partial charge is 0.417 e. The lowest BCUT2D eigenvalue weighted by molar-refractivity contribution is -0.137. The Morgan fingerprint density at radius 3 is 2.77 bits per heavy atom. The van der Waals surface area contributed by atoms with Crippen molar-refractivity contribution in [1.82, 2.24) is 10.3 Å². The van der Waals surface area contributed by atoms with E-state index in [9.17, 15) is 22.8 Å². The molecular formula is C19H18ClF3N4O3. The first-order valence-electron chi connectivity index (χ1n) is 9.01. The molecule has 0 aliphatic carbocycles.